The summed E-state index contributed by atoms with van der Waals surface area (Å²) in [6, 6.07) is 9.44. The van der Waals surface area contributed by atoms with Crippen molar-refractivity contribution in [3.05, 3.63) is 30.3 Å². The molecule has 3 N–H and O–H groups in total. The lowest BCUT2D eigenvalue weighted by atomic mass is 9.81. The summed E-state index contributed by atoms with van der Waals surface area (Å²) in [5.41, 5.74) is 2.98. The molecule has 1 aromatic carbocycles. The zero-order valence-corrected chi connectivity index (χ0v) is 20.2. The first kappa shape index (κ1) is 23.5. The van der Waals surface area contributed by atoms with E-state index < -0.39 is 5.97 Å². The summed E-state index contributed by atoms with van der Waals surface area (Å²) in [6.45, 7) is 5.86. The highest BCUT2D eigenvalue weighted by Gasteiger charge is 2.29. The first-order valence-electron chi connectivity index (χ1n) is 12.8. The highest BCUT2D eigenvalue weighted by atomic mass is 16.4. The maximum absolute atomic E-state index is 11.2. The molecule has 2 fully saturated rings. The number of carboxylic acids is 1. The van der Waals surface area contributed by atoms with E-state index in [2.05, 4.69) is 25.1 Å². The highest BCUT2D eigenvalue weighted by Crippen LogP contribution is 2.34. The monoisotopic (exact) mass is 478 g/mol. The van der Waals surface area contributed by atoms with Gasteiger partial charge in [-0.2, -0.15) is 5.10 Å². The number of aromatic nitrogens is 4. The van der Waals surface area contributed by atoms with Crippen LogP contribution in [0.3, 0.4) is 0 Å². The molecule has 2 aromatic heterocycles. The lowest BCUT2D eigenvalue weighted by Gasteiger charge is -2.36. The molecule has 3 heterocycles. The van der Waals surface area contributed by atoms with E-state index in [0.717, 1.165) is 81.6 Å². The quantitative estimate of drug-likeness (QED) is 0.464. The fourth-order valence-electron chi connectivity index (χ4n) is 5.62. The Morgan fingerprint density at radius 2 is 1.83 bits per heavy atom. The molecule has 0 radical (unpaired) electrons. The van der Waals surface area contributed by atoms with Gasteiger partial charge >= 0.3 is 5.97 Å². The number of phenolic OH excluding ortho intramolecular Hbond substituents is 1. The van der Waals surface area contributed by atoms with Crippen molar-refractivity contribution in [2.24, 2.45) is 11.8 Å². The number of anilines is 1. The van der Waals surface area contributed by atoms with Gasteiger partial charge < -0.3 is 20.4 Å². The van der Waals surface area contributed by atoms with Gasteiger partial charge in [-0.15, -0.1) is 10.2 Å². The third kappa shape index (κ3) is 4.96. The van der Waals surface area contributed by atoms with Crippen LogP contribution in [-0.4, -0.2) is 67.2 Å². The summed E-state index contributed by atoms with van der Waals surface area (Å²) in [5.74, 6) is 0.746. The van der Waals surface area contributed by atoms with Gasteiger partial charge in [-0.1, -0.05) is 12.1 Å². The van der Waals surface area contributed by atoms with Gasteiger partial charge in [-0.25, -0.2) is 0 Å². The standard InChI is InChI=1S/C26H34N6O3/c1-2-27-25-24-22(15-21(28-29-24)20-5-3-4-6-23(20)33)32(30-25)19-11-13-31(14-12-19)16-17-7-9-18(10-8-17)26(34)35/h3-6,15,17-19,33H,2,7-14,16H2,1H3,(H,27,30)(H,34,35). The van der Waals surface area contributed by atoms with Crippen molar-refractivity contribution in [1.82, 2.24) is 24.9 Å². The number of phenols is 1. The maximum atomic E-state index is 11.2. The maximum Gasteiger partial charge on any atom is 0.306 e. The van der Waals surface area contributed by atoms with E-state index in [1.807, 2.05) is 25.1 Å². The van der Waals surface area contributed by atoms with Crippen LogP contribution in [0.15, 0.2) is 30.3 Å². The number of fused-ring (bicyclic) bond motifs is 1. The second-order valence-electron chi connectivity index (χ2n) is 9.89. The van der Waals surface area contributed by atoms with Crippen molar-refractivity contribution in [1.29, 1.82) is 0 Å². The first-order valence-corrected chi connectivity index (χ1v) is 12.8. The number of nitrogens with zero attached hydrogens (tertiary/aromatic N) is 5. The number of hydrogen-bond acceptors (Lipinski definition) is 7. The van der Waals surface area contributed by atoms with Crippen molar-refractivity contribution >= 4 is 22.8 Å². The predicted molar refractivity (Wildman–Crippen MR) is 134 cm³/mol. The van der Waals surface area contributed by atoms with Gasteiger partial charge in [0.25, 0.3) is 0 Å². The van der Waals surface area contributed by atoms with E-state index >= 15 is 0 Å². The Morgan fingerprint density at radius 1 is 1.09 bits per heavy atom. The molecular formula is C26H34N6O3. The van der Waals surface area contributed by atoms with E-state index in [4.69, 9.17) is 5.10 Å². The number of aromatic hydroxyl groups is 1. The van der Waals surface area contributed by atoms with Gasteiger partial charge in [0.1, 0.15) is 5.75 Å². The first-order chi connectivity index (χ1) is 17.0. The number of carbonyl (C=O) groups is 1. The molecule has 9 nitrogen and oxygen atoms in total. The van der Waals surface area contributed by atoms with E-state index in [9.17, 15) is 15.0 Å². The minimum absolute atomic E-state index is 0.151. The van der Waals surface area contributed by atoms with Gasteiger partial charge in [-0.05, 0) is 69.6 Å². The summed E-state index contributed by atoms with van der Waals surface area (Å²) in [4.78, 5) is 13.8. The number of nitrogens with one attached hydrogen (secondary N) is 1. The van der Waals surface area contributed by atoms with Crippen molar-refractivity contribution in [2.75, 3.05) is 31.5 Å². The van der Waals surface area contributed by atoms with Gasteiger partial charge in [0.2, 0.25) is 0 Å². The Kier molecular flexibility index (Phi) is 6.86. The fourth-order valence-corrected chi connectivity index (χ4v) is 5.62. The van der Waals surface area contributed by atoms with Crippen LogP contribution >= 0.6 is 0 Å². The summed E-state index contributed by atoms with van der Waals surface area (Å²) in [5, 5.41) is 36.6. The Bertz CT molecular complexity index is 1180. The lowest BCUT2D eigenvalue weighted by Crippen LogP contribution is -2.39. The number of rotatable bonds is 7. The van der Waals surface area contributed by atoms with Gasteiger partial charge in [-0.3, -0.25) is 9.48 Å². The van der Waals surface area contributed by atoms with Crippen LogP contribution in [0.4, 0.5) is 5.82 Å². The second kappa shape index (κ2) is 10.2. The molecule has 9 heteroatoms. The number of likely N-dealkylation sites (tertiary alicyclic amines) is 1. The SMILES string of the molecule is CCNc1nn(C2CCN(CC3CCC(C(=O)O)CC3)CC2)c2cc(-c3ccccc3O)nnc12. The van der Waals surface area contributed by atoms with E-state index in [-0.39, 0.29) is 17.7 Å². The van der Waals surface area contributed by atoms with Gasteiger partial charge in [0.05, 0.1) is 23.2 Å². The number of carboxylic acid groups (broad SMARTS) is 1. The van der Waals surface area contributed by atoms with Crippen molar-refractivity contribution in [2.45, 2.75) is 51.5 Å². The number of para-hydroxylation sites is 1. The second-order valence-corrected chi connectivity index (χ2v) is 9.89. The minimum atomic E-state index is -0.636. The molecule has 0 bridgehead atoms. The predicted octanol–water partition coefficient (Wildman–Crippen LogP) is 4.16. The third-order valence-electron chi connectivity index (χ3n) is 7.59. The average molecular weight is 479 g/mol. The summed E-state index contributed by atoms with van der Waals surface area (Å²) < 4.78 is 2.10. The molecule has 3 aromatic rings. The molecule has 5 rings (SSSR count). The molecule has 0 amide bonds. The van der Waals surface area contributed by atoms with Crippen LogP contribution in [0.1, 0.15) is 51.5 Å². The molecule has 186 valence electrons. The average Bonchev–Trinajstić information content (AvgIpc) is 3.23. The molecule has 1 saturated heterocycles. The number of benzene rings is 1. The Labute approximate surface area is 205 Å². The third-order valence-corrected chi connectivity index (χ3v) is 7.59. The van der Waals surface area contributed by atoms with Crippen molar-refractivity contribution < 1.29 is 15.0 Å². The minimum Gasteiger partial charge on any atom is -0.507 e. The topological polar surface area (TPSA) is 116 Å². The number of piperidine rings is 1. The van der Waals surface area contributed by atoms with Crippen LogP contribution in [0.2, 0.25) is 0 Å². The van der Waals surface area contributed by atoms with Gasteiger partial charge in [0, 0.05) is 31.7 Å². The smallest absolute Gasteiger partial charge is 0.306 e. The molecule has 1 aliphatic heterocycles. The van der Waals surface area contributed by atoms with Gasteiger partial charge in [0.15, 0.2) is 11.3 Å². The largest absolute Gasteiger partial charge is 0.507 e. The van der Waals surface area contributed by atoms with Crippen molar-refractivity contribution in [3.8, 4) is 17.0 Å². The highest BCUT2D eigenvalue weighted by molar-refractivity contribution is 5.88. The molecule has 0 spiro atoms. The molecule has 1 aliphatic carbocycles. The van der Waals surface area contributed by atoms with E-state index in [1.165, 1.54) is 0 Å². The summed E-state index contributed by atoms with van der Waals surface area (Å²) in [6.07, 6.45) is 5.65. The number of aliphatic carboxylic acids is 1. The van der Waals surface area contributed by atoms with E-state index in [0.29, 0.717) is 17.2 Å². The molecule has 35 heavy (non-hydrogen) atoms. The number of hydrogen-bond donors (Lipinski definition) is 3. The Balaban J connectivity index is 1.31. The zero-order valence-electron chi connectivity index (χ0n) is 20.2. The van der Waals surface area contributed by atoms with Crippen LogP contribution in [-0.2, 0) is 4.79 Å². The molecule has 0 atom stereocenters. The van der Waals surface area contributed by atoms with Crippen LogP contribution in [0.5, 0.6) is 5.75 Å². The van der Waals surface area contributed by atoms with E-state index in [1.54, 1.807) is 12.1 Å². The molecule has 2 aliphatic rings. The zero-order chi connectivity index (χ0) is 24.4. The Hall–Kier alpha value is -3.20. The normalized spacial score (nSPS) is 21.9. The molecular weight excluding hydrogens is 444 g/mol. The van der Waals surface area contributed by atoms with Crippen LogP contribution in [0, 0.1) is 11.8 Å². The van der Waals surface area contributed by atoms with Crippen LogP contribution in [0.25, 0.3) is 22.3 Å². The summed E-state index contributed by atoms with van der Waals surface area (Å²) in [7, 11) is 0. The summed E-state index contributed by atoms with van der Waals surface area (Å²) >= 11 is 0. The van der Waals surface area contributed by atoms with Crippen LogP contribution < -0.4 is 5.32 Å². The fraction of sp³-hybridized carbons (Fsp3) is 0.538. The molecule has 0 unspecified atom stereocenters. The molecule has 1 saturated carbocycles. The Morgan fingerprint density at radius 3 is 2.51 bits per heavy atom. The lowest BCUT2D eigenvalue weighted by molar-refractivity contribution is -0.143. The van der Waals surface area contributed by atoms with Crippen molar-refractivity contribution in [3.63, 3.8) is 0 Å².